The summed E-state index contributed by atoms with van der Waals surface area (Å²) in [6.45, 7) is 8.76. The first kappa shape index (κ1) is 25.0. The van der Waals surface area contributed by atoms with Crippen LogP contribution in [0.2, 0.25) is 0 Å². The van der Waals surface area contributed by atoms with Crippen LogP contribution in [0.1, 0.15) is 67.8 Å². The SMILES string of the molecule is CCCCOc1cc(/C=C/C2NCCc3cc(OCCCC)c(OC)cc32)c(C)cc1OC. The fraction of sp³-hybridized carbons (Fsp3) is 0.500. The molecule has 0 fully saturated rings. The smallest absolute Gasteiger partial charge is 0.161 e. The molecule has 0 bridgehead atoms. The number of hydrogen-bond donors (Lipinski definition) is 1. The van der Waals surface area contributed by atoms with E-state index in [4.69, 9.17) is 18.9 Å². The first-order valence-electron chi connectivity index (χ1n) is 12.2. The molecule has 0 radical (unpaired) electrons. The summed E-state index contributed by atoms with van der Waals surface area (Å²) in [7, 11) is 3.39. The molecule has 0 saturated heterocycles. The van der Waals surface area contributed by atoms with Gasteiger partial charge in [-0.2, -0.15) is 0 Å². The molecule has 5 nitrogen and oxygen atoms in total. The molecule has 2 aromatic carbocycles. The average molecular weight is 454 g/mol. The Morgan fingerprint density at radius 1 is 0.879 bits per heavy atom. The molecule has 0 spiro atoms. The van der Waals surface area contributed by atoms with E-state index in [-0.39, 0.29) is 6.04 Å². The third-order valence-corrected chi connectivity index (χ3v) is 6.05. The number of unbranched alkanes of at least 4 members (excludes halogenated alkanes) is 2. The summed E-state index contributed by atoms with van der Waals surface area (Å²) in [4.78, 5) is 0. The zero-order chi connectivity index (χ0) is 23.6. The molecule has 0 saturated carbocycles. The maximum absolute atomic E-state index is 6.00. The highest BCUT2D eigenvalue weighted by Gasteiger charge is 2.21. The molecule has 33 heavy (non-hydrogen) atoms. The quantitative estimate of drug-likeness (QED) is 0.384. The molecule has 1 aliphatic heterocycles. The van der Waals surface area contributed by atoms with Gasteiger partial charge < -0.3 is 24.3 Å². The minimum absolute atomic E-state index is 0.110. The van der Waals surface area contributed by atoms with E-state index in [9.17, 15) is 0 Å². The van der Waals surface area contributed by atoms with Crippen LogP contribution in [0.15, 0.2) is 30.3 Å². The highest BCUT2D eigenvalue weighted by Crippen LogP contribution is 2.37. The Kier molecular flexibility index (Phi) is 9.49. The maximum Gasteiger partial charge on any atom is 0.161 e. The summed E-state index contributed by atoms with van der Waals surface area (Å²) in [6, 6.07) is 8.52. The van der Waals surface area contributed by atoms with Crippen LogP contribution in [0.25, 0.3) is 6.08 Å². The van der Waals surface area contributed by atoms with Crippen molar-refractivity contribution in [1.29, 1.82) is 0 Å². The molecule has 0 amide bonds. The first-order valence-corrected chi connectivity index (χ1v) is 12.2. The van der Waals surface area contributed by atoms with Crippen molar-refractivity contribution in [3.63, 3.8) is 0 Å². The number of fused-ring (bicyclic) bond motifs is 1. The van der Waals surface area contributed by atoms with Crippen molar-refractivity contribution in [1.82, 2.24) is 5.32 Å². The number of hydrogen-bond acceptors (Lipinski definition) is 5. The van der Waals surface area contributed by atoms with Crippen molar-refractivity contribution in [2.45, 2.75) is 58.9 Å². The van der Waals surface area contributed by atoms with Crippen molar-refractivity contribution in [2.75, 3.05) is 34.0 Å². The number of aryl methyl sites for hydroxylation is 1. The van der Waals surface area contributed by atoms with Crippen LogP contribution in [0.5, 0.6) is 23.0 Å². The van der Waals surface area contributed by atoms with Crippen LogP contribution < -0.4 is 24.3 Å². The fourth-order valence-corrected chi connectivity index (χ4v) is 4.02. The standard InChI is InChI=1S/C28H39NO4/c1-6-8-14-32-27-17-21(20(3)16-25(27)30-4)10-11-24-23-19-26(31-5)28(33-15-9-7-2)18-22(23)12-13-29-24/h10-11,16-19,24,29H,6-9,12-15H2,1-5H3/b11-10+. The third-order valence-electron chi connectivity index (χ3n) is 6.05. The van der Waals surface area contributed by atoms with Crippen LogP contribution in [-0.4, -0.2) is 34.0 Å². The number of ether oxygens (including phenoxy) is 4. The van der Waals surface area contributed by atoms with Crippen LogP contribution >= 0.6 is 0 Å². The normalized spacial score (nSPS) is 15.4. The first-order chi connectivity index (χ1) is 16.1. The second-order valence-electron chi connectivity index (χ2n) is 8.51. The monoisotopic (exact) mass is 453 g/mol. The summed E-state index contributed by atoms with van der Waals surface area (Å²) >= 11 is 0. The second kappa shape index (κ2) is 12.5. The minimum atomic E-state index is 0.110. The maximum atomic E-state index is 6.00. The van der Waals surface area contributed by atoms with E-state index in [1.807, 2.05) is 6.07 Å². The van der Waals surface area contributed by atoms with E-state index in [2.05, 4.69) is 56.4 Å². The van der Waals surface area contributed by atoms with Crippen LogP contribution in [0.4, 0.5) is 0 Å². The molecule has 1 atom stereocenters. The van der Waals surface area contributed by atoms with Crippen molar-refractivity contribution in [3.05, 3.63) is 52.6 Å². The van der Waals surface area contributed by atoms with Gasteiger partial charge in [-0.25, -0.2) is 0 Å². The topological polar surface area (TPSA) is 49.0 Å². The van der Waals surface area contributed by atoms with E-state index < -0.39 is 0 Å². The summed E-state index contributed by atoms with van der Waals surface area (Å²) in [5.41, 5.74) is 4.83. The van der Waals surface area contributed by atoms with Gasteiger partial charge in [0.15, 0.2) is 23.0 Å². The van der Waals surface area contributed by atoms with Gasteiger partial charge in [-0.3, -0.25) is 0 Å². The Morgan fingerprint density at radius 2 is 1.52 bits per heavy atom. The summed E-state index contributed by atoms with van der Waals surface area (Å²) in [5.74, 6) is 3.21. The molecule has 1 heterocycles. The Morgan fingerprint density at radius 3 is 2.15 bits per heavy atom. The average Bonchev–Trinajstić information content (AvgIpc) is 2.83. The zero-order valence-corrected chi connectivity index (χ0v) is 20.8. The molecule has 1 N–H and O–H groups in total. The van der Waals surface area contributed by atoms with Gasteiger partial charge in [-0.1, -0.05) is 38.8 Å². The van der Waals surface area contributed by atoms with E-state index in [1.54, 1.807) is 14.2 Å². The van der Waals surface area contributed by atoms with Gasteiger partial charge in [-0.05, 0) is 72.7 Å². The fourth-order valence-electron chi connectivity index (χ4n) is 4.02. The van der Waals surface area contributed by atoms with Gasteiger partial charge in [0.25, 0.3) is 0 Å². The molecule has 0 aliphatic carbocycles. The third kappa shape index (κ3) is 6.44. The Balaban J connectivity index is 1.84. The van der Waals surface area contributed by atoms with Crippen molar-refractivity contribution < 1.29 is 18.9 Å². The number of methoxy groups -OCH3 is 2. The molecule has 2 aromatic rings. The van der Waals surface area contributed by atoms with Gasteiger partial charge in [-0.15, -0.1) is 0 Å². The number of rotatable bonds is 12. The molecule has 1 unspecified atom stereocenters. The summed E-state index contributed by atoms with van der Waals surface area (Å²) < 4.78 is 23.2. The summed E-state index contributed by atoms with van der Waals surface area (Å²) in [5, 5.41) is 3.63. The molecule has 0 aromatic heterocycles. The summed E-state index contributed by atoms with van der Waals surface area (Å²) in [6.07, 6.45) is 9.65. The zero-order valence-electron chi connectivity index (χ0n) is 20.8. The number of benzene rings is 2. The lowest BCUT2D eigenvalue weighted by Gasteiger charge is -2.26. The Hall–Kier alpha value is -2.66. The minimum Gasteiger partial charge on any atom is -0.493 e. The van der Waals surface area contributed by atoms with Crippen molar-refractivity contribution in [3.8, 4) is 23.0 Å². The predicted molar refractivity (Wildman–Crippen MR) is 135 cm³/mol. The molecular formula is C28H39NO4. The highest BCUT2D eigenvalue weighted by atomic mass is 16.5. The van der Waals surface area contributed by atoms with Gasteiger partial charge in [0, 0.05) is 6.54 Å². The molecule has 1 aliphatic rings. The Bertz CT molecular complexity index is 938. The van der Waals surface area contributed by atoms with Gasteiger partial charge in [0.05, 0.1) is 33.5 Å². The molecule has 3 rings (SSSR count). The van der Waals surface area contributed by atoms with Gasteiger partial charge >= 0.3 is 0 Å². The Labute approximate surface area is 199 Å². The van der Waals surface area contributed by atoms with Crippen LogP contribution in [0, 0.1) is 6.92 Å². The molecular weight excluding hydrogens is 414 g/mol. The highest BCUT2D eigenvalue weighted by molar-refractivity contribution is 5.61. The van der Waals surface area contributed by atoms with Crippen molar-refractivity contribution >= 4 is 6.08 Å². The van der Waals surface area contributed by atoms with Crippen molar-refractivity contribution in [2.24, 2.45) is 0 Å². The molecule has 180 valence electrons. The van der Waals surface area contributed by atoms with E-state index in [0.717, 1.165) is 72.8 Å². The lowest BCUT2D eigenvalue weighted by Crippen LogP contribution is -2.28. The lowest BCUT2D eigenvalue weighted by atomic mass is 9.92. The largest absolute Gasteiger partial charge is 0.493 e. The van der Waals surface area contributed by atoms with Crippen LogP contribution in [0.3, 0.4) is 0 Å². The number of nitrogens with one attached hydrogen (secondary N) is 1. The predicted octanol–water partition coefficient (Wildman–Crippen LogP) is 6.27. The van der Waals surface area contributed by atoms with E-state index in [1.165, 1.54) is 11.1 Å². The van der Waals surface area contributed by atoms with Gasteiger partial charge in [0.2, 0.25) is 0 Å². The molecule has 5 heteroatoms. The van der Waals surface area contributed by atoms with Gasteiger partial charge in [0.1, 0.15) is 0 Å². The van der Waals surface area contributed by atoms with E-state index >= 15 is 0 Å². The van der Waals surface area contributed by atoms with E-state index in [0.29, 0.717) is 13.2 Å². The van der Waals surface area contributed by atoms with Crippen LogP contribution in [-0.2, 0) is 6.42 Å². The lowest BCUT2D eigenvalue weighted by molar-refractivity contribution is 0.287. The second-order valence-corrected chi connectivity index (χ2v) is 8.51.